The number of H-pyrrole nitrogens is 1. The Morgan fingerprint density at radius 3 is 1.48 bits per heavy atom. The van der Waals surface area contributed by atoms with Crippen molar-refractivity contribution in [2.24, 2.45) is 0 Å². The Hall–Kier alpha value is -3.73. The van der Waals surface area contributed by atoms with E-state index in [1.807, 2.05) is 91.0 Å². The lowest BCUT2D eigenvalue weighted by molar-refractivity contribution is -0.389. The van der Waals surface area contributed by atoms with Crippen LogP contribution in [-0.2, 0) is 5.41 Å². The molecule has 1 N–H and O–H groups in total. The summed E-state index contributed by atoms with van der Waals surface area (Å²) in [6.07, 6.45) is 1.35. The van der Waals surface area contributed by atoms with Gasteiger partial charge in [0.1, 0.15) is 11.6 Å². The van der Waals surface area contributed by atoms with E-state index in [9.17, 15) is 10.1 Å². The van der Waals surface area contributed by atoms with E-state index in [2.05, 4.69) is 9.97 Å². The Kier molecular flexibility index (Phi) is 4.26. The number of benzene rings is 3. The van der Waals surface area contributed by atoms with Crippen LogP contribution in [-0.4, -0.2) is 14.9 Å². The van der Waals surface area contributed by atoms with Crippen LogP contribution in [0, 0.1) is 10.1 Å². The quantitative estimate of drug-likeness (QED) is 0.320. The summed E-state index contributed by atoms with van der Waals surface area (Å²) in [6.45, 7) is 0. The number of nitro groups is 1. The Balaban J connectivity index is 2.10. The van der Waals surface area contributed by atoms with Crippen molar-refractivity contribution in [3.8, 4) is 0 Å². The van der Waals surface area contributed by atoms with Gasteiger partial charge in [-0.2, -0.15) is 0 Å². The van der Waals surface area contributed by atoms with Gasteiger partial charge in [0, 0.05) is 0 Å². The Bertz CT molecular complexity index is 948. The summed E-state index contributed by atoms with van der Waals surface area (Å²) in [5.41, 5.74) is 2.14. The van der Waals surface area contributed by atoms with E-state index in [1.54, 1.807) is 0 Å². The number of aromatic amines is 1. The molecule has 1 aromatic heterocycles. The van der Waals surface area contributed by atoms with Gasteiger partial charge in [0.2, 0.25) is 5.82 Å². The summed E-state index contributed by atoms with van der Waals surface area (Å²) in [6, 6.07) is 29.8. The van der Waals surface area contributed by atoms with Gasteiger partial charge in [0.25, 0.3) is 0 Å². The lowest BCUT2D eigenvalue weighted by Gasteiger charge is -2.31. The number of rotatable bonds is 5. The fourth-order valence-electron chi connectivity index (χ4n) is 3.57. The van der Waals surface area contributed by atoms with Gasteiger partial charge in [-0.15, -0.1) is 0 Å². The number of nitrogens with one attached hydrogen (secondary N) is 1. The minimum absolute atomic E-state index is 0.197. The molecule has 0 atom stereocenters. The van der Waals surface area contributed by atoms with Crippen LogP contribution < -0.4 is 0 Å². The normalized spacial score (nSPS) is 11.3. The fraction of sp³-hybridized carbons (Fsp3) is 0.0455. The van der Waals surface area contributed by atoms with Crippen LogP contribution in [0.25, 0.3) is 0 Å². The number of aromatic nitrogens is 2. The summed E-state index contributed by atoms with van der Waals surface area (Å²) >= 11 is 0. The number of hydrogen-bond acceptors (Lipinski definition) is 3. The third-order valence-electron chi connectivity index (χ3n) is 4.73. The molecule has 0 unspecified atom stereocenters. The molecule has 0 saturated heterocycles. The van der Waals surface area contributed by atoms with Crippen LogP contribution in [0.15, 0.2) is 97.2 Å². The third-order valence-corrected chi connectivity index (χ3v) is 4.73. The summed E-state index contributed by atoms with van der Waals surface area (Å²) in [7, 11) is 0. The topological polar surface area (TPSA) is 71.8 Å². The van der Waals surface area contributed by atoms with Crippen molar-refractivity contribution in [1.29, 1.82) is 0 Å². The molecule has 132 valence electrons. The van der Waals surface area contributed by atoms with Gasteiger partial charge < -0.3 is 15.1 Å². The number of hydrogen-bond donors (Lipinski definition) is 1. The van der Waals surface area contributed by atoms with Crippen molar-refractivity contribution in [2.45, 2.75) is 5.41 Å². The van der Waals surface area contributed by atoms with Gasteiger partial charge in [-0.3, -0.25) is 0 Å². The molecule has 0 amide bonds. The molecule has 0 saturated carbocycles. The highest BCUT2D eigenvalue weighted by Crippen LogP contribution is 2.43. The molecule has 0 fully saturated rings. The average molecular weight is 355 g/mol. The molecule has 5 heteroatoms. The zero-order chi connectivity index (χ0) is 18.7. The van der Waals surface area contributed by atoms with E-state index in [0.29, 0.717) is 5.82 Å². The molecule has 0 spiro atoms. The Morgan fingerprint density at radius 1 is 0.741 bits per heavy atom. The molecule has 4 aromatic rings. The minimum Gasteiger partial charge on any atom is -0.358 e. The summed E-state index contributed by atoms with van der Waals surface area (Å²) in [4.78, 5) is 18.2. The maximum absolute atomic E-state index is 11.3. The first-order valence-corrected chi connectivity index (χ1v) is 8.60. The first-order chi connectivity index (χ1) is 13.2. The van der Waals surface area contributed by atoms with E-state index >= 15 is 0 Å². The van der Waals surface area contributed by atoms with E-state index in [4.69, 9.17) is 0 Å². The molecule has 27 heavy (non-hydrogen) atoms. The van der Waals surface area contributed by atoms with Crippen molar-refractivity contribution in [3.63, 3.8) is 0 Å². The predicted molar refractivity (Wildman–Crippen MR) is 104 cm³/mol. The lowest BCUT2D eigenvalue weighted by Crippen LogP contribution is -2.32. The zero-order valence-electron chi connectivity index (χ0n) is 14.4. The zero-order valence-corrected chi connectivity index (χ0v) is 14.4. The molecule has 1 heterocycles. The van der Waals surface area contributed by atoms with Crippen molar-refractivity contribution >= 4 is 5.82 Å². The molecule has 5 nitrogen and oxygen atoms in total. The van der Waals surface area contributed by atoms with Gasteiger partial charge >= 0.3 is 5.82 Å². The standard InChI is InChI=1S/C22H17N3O2/c26-25(27)20-16-23-21(24-20)22(17-10-4-1-5-11-17,18-12-6-2-7-13-18)19-14-8-3-9-15-19/h1-16H,(H,23,24). The summed E-state index contributed by atoms with van der Waals surface area (Å²) < 4.78 is 0. The van der Waals surface area contributed by atoms with Gasteiger partial charge in [0.05, 0.1) is 0 Å². The maximum Gasteiger partial charge on any atom is 0.381 e. The van der Waals surface area contributed by atoms with Crippen molar-refractivity contribution in [2.75, 3.05) is 0 Å². The van der Waals surface area contributed by atoms with Crippen molar-refractivity contribution in [1.82, 2.24) is 9.97 Å². The molecule has 0 aliphatic carbocycles. The molecule has 4 rings (SSSR count). The van der Waals surface area contributed by atoms with Crippen LogP contribution >= 0.6 is 0 Å². The maximum atomic E-state index is 11.3. The van der Waals surface area contributed by atoms with E-state index in [0.717, 1.165) is 16.7 Å². The first-order valence-electron chi connectivity index (χ1n) is 8.60. The highest BCUT2D eigenvalue weighted by atomic mass is 16.6. The highest BCUT2D eigenvalue weighted by molar-refractivity contribution is 5.56. The van der Waals surface area contributed by atoms with Crippen LogP contribution in [0.3, 0.4) is 0 Å². The number of imidazole rings is 1. The minimum atomic E-state index is -0.794. The molecule has 0 bridgehead atoms. The van der Waals surface area contributed by atoms with E-state index < -0.39 is 10.3 Å². The monoisotopic (exact) mass is 355 g/mol. The SMILES string of the molecule is O=[N+]([O-])c1c[nH]c(C(c2ccccc2)(c2ccccc2)c2ccccc2)n1. The average Bonchev–Trinajstić information content (AvgIpc) is 3.22. The lowest BCUT2D eigenvalue weighted by atomic mass is 9.69. The Morgan fingerprint density at radius 2 is 1.15 bits per heavy atom. The van der Waals surface area contributed by atoms with Gasteiger partial charge in [0.15, 0.2) is 0 Å². The first kappa shape index (κ1) is 16.7. The fourth-order valence-corrected chi connectivity index (χ4v) is 3.57. The molecular weight excluding hydrogens is 338 g/mol. The van der Waals surface area contributed by atoms with E-state index in [-0.39, 0.29) is 5.82 Å². The Labute approximate surface area is 156 Å². The van der Waals surface area contributed by atoms with Gasteiger partial charge in [-0.05, 0) is 26.6 Å². The van der Waals surface area contributed by atoms with Gasteiger partial charge in [-0.1, -0.05) is 91.0 Å². The van der Waals surface area contributed by atoms with Gasteiger partial charge in [-0.25, -0.2) is 0 Å². The van der Waals surface area contributed by atoms with Crippen molar-refractivity contribution in [3.05, 3.63) is 130 Å². The third kappa shape index (κ3) is 2.79. The van der Waals surface area contributed by atoms with Crippen molar-refractivity contribution < 1.29 is 4.92 Å². The summed E-state index contributed by atoms with van der Waals surface area (Å²) in [5.74, 6) is 0.315. The van der Waals surface area contributed by atoms with Crippen LogP contribution in [0.5, 0.6) is 0 Å². The summed E-state index contributed by atoms with van der Waals surface area (Å²) in [5, 5.41) is 11.3. The molecule has 3 aromatic carbocycles. The second-order valence-corrected chi connectivity index (χ2v) is 6.21. The predicted octanol–water partition coefficient (Wildman–Crippen LogP) is 4.70. The smallest absolute Gasteiger partial charge is 0.358 e. The number of nitrogens with zero attached hydrogens (tertiary/aromatic N) is 2. The van der Waals surface area contributed by atoms with Crippen LogP contribution in [0.2, 0.25) is 0 Å². The molecule has 0 radical (unpaired) electrons. The molecule has 0 aliphatic rings. The largest absolute Gasteiger partial charge is 0.381 e. The highest BCUT2D eigenvalue weighted by Gasteiger charge is 2.44. The van der Waals surface area contributed by atoms with E-state index in [1.165, 1.54) is 6.20 Å². The van der Waals surface area contributed by atoms with Crippen LogP contribution in [0.4, 0.5) is 5.82 Å². The van der Waals surface area contributed by atoms with Crippen LogP contribution in [0.1, 0.15) is 22.5 Å². The molecular formula is C22H17N3O2. The second-order valence-electron chi connectivity index (χ2n) is 6.21. The second kappa shape index (κ2) is 6.88. The molecule has 0 aliphatic heterocycles.